The van der Waals surface area contributed by atoms with Crippen molar-refractivity contribution in [2.75, 3.05) is 12.3 Å². The van der Waals surface area contributed by atoms with E-state index in [9.17, 15) is 9.59 Å². The number of unbranched alkanes of at least 4 members (excludes halogenated alkanes) is 15. The molecule has 0 aliphatic carbocycles. The van der Waals surface area contributed by atoms with Crippen molar-refractivity contribution in [3.05, 3.63) is 0 Å². The van der Waals surface area contributed by atoms with Gasteiger partial charge in [-0.05, 0) is 12.8 Å². The van der Waals surface area contributed by atoms with Crippen molar-refractivity contribution in [2.24, 2.45) is 5.92 Å². The molecular weight excluding hydrogens is 370 g/mol. The normalized spacial score (nSPS) is 12.1. The van der Waals surface area contributed by atoms with Crippen LogP contribution in [0.5, 0.6) is 0 Å². The molecule has 0 saturated heterocycles. The predicted molar refractivity (Wildman–Crippen MR) is 122 cm³/mol. The highest BCUT2D eigenvalue weighted by Gasteiger charge is 2.08. The van der Waals surface area contributed by atoms with Crippen LogP contribution in [-0.4, -0.2) is 29.3 Å². The number of hydrogen-bond acceptors (Lipinski definition) is 3. The van der Waals surface area contributed by atoms with Crippen molar-refractivity contribution in [1.82, 2.24) is 5.32 Å². The Kier molecular flexibility index (Phi) is 20.5. The standard InChI is InChI=1S/C23H45NO3S/c1-21(20-28)23(27)24-19-17-15-13-11-9-7-5-3-2-4-6-8-10-12-14-16-18-22(25)26/h21,28H,2-20H2,1H3,(H,24,27)(H,25,26). The highest BCUT2D eigenvalue weighted by Crippen LogP contribution is 2.14. The molecule has 5 heteroatoms. The lowest BCUT2D eigenvalue weighted by molar-refractivity contribution is -0.137. The topological polar surface area (TPSA) is 66.4 Å². The summed E-state index contributed by atoms with van der Waals surface area (Å²) in [5, 5.41) is 11.6. The van der Waals surface area contributed by atoms with E-state index in [1.807, 2.05) is 6.92 Å². The lowest BCUT2D eigenvalue weighted by atomic mass is 10.0. The van der Waals surface area contributed by atoms with E-state index in [0.29, 0.717) is 12.2 Å². The summed E-state index contributed by atoms with van der Waals surface area (Å²) in [4.78, 5) is 22.0. The van der Waals surface area contributed by atoms with Crippen molar-refractivity contribution in [1.29, 1.82) is 0 Å². The van der Waals surface area contributed by atoms with Gasteiger partial charge < -0.3 is 10.4 Å². The zero-order valence-corrected chi connectivity index (χ0v) is 19.1. The molecule has 0 aliphatic heterocycles. The Labute approximate surface area is 179 Å². The third-order valence-corrected chi connectivity index (χ3v) is 5.89. The van der Waals surface area contributed by atoms with Crippen molar-refractivity contribution >= 4 is 24.5 Å². The molecule has 0 aromatic rings. The molecule has 0 saturated carbocycles. The van der Waals surface area contributed by atoms with E-state index in [4.69, 9.17) is 5.11 Å². The summed E-state index contributed by atoms with van der Waals surface area (Å²) >= 11 is 4.15. The van der Waals surface area contributed by atoms with Crippen molar-refractivity contribution < 1.29 is 14.7 Å². The van der Waals surface area contributed by atoms with Crippen LogP contribution in [0.1, 0.15) is 116 Å². The second kappa shape index (κ2) is 21.0. The maximum atomic E-state index is 11.6. The molecule has 1 atom stereocenters. The number of nitrogens with one attached hydrogen (secondary N) is 1. The third-order valence-electron chi connectivity index (χ3n) is 5.34. The molecule has 0 aromatic heterocycles. The fourth-order valence-electron chi connectivity index (χ4n) is 3.34. The SMILES string of the molecule is CC(CS)C(=O)NCCCCCCCCCCCCCCCCCCC(=O)O. The molecule has 4 nitrogen and oxygen atoms in total. The zero-order valence-electron chi connectivity index (χ0n) is 18.2. The van der Waals surface area contributed by atoms with E-state index in [-0.39, 0.29) is 11.8 Å². The number of hydrogen-bond donors (Lipinski definition) is 3. The van der Waals surface area contributed by atoms with Crippen LogP contribution in [0.15, 0.2) is 0 Å². The summed E-state index contributed by atoms with van der Waals surface area (Å²) < 4.78 is 0. The van der Waals surface area contributed by atoms with E-state index in [2.05, 4.69) is 17.9 Å². The van der Waals surface area contributed by atoms with Crippen LogP contribution in [0.4, 0.5) is 0 Å². The summed E-state index contributed by atoms with van der Waals surface area (Å²) in [7, 11) is 0. The van der Waals surface area contributed by atoms with E-state index in [1.54, 1.807) is 0 Å². The first-order chi connectivity index (χ1) is 13.6. The lowest BCUT2D eigenvalue weighted by Crippen LogP contribution is -2.30. The van der Waals surface area contributed by atoms with Gasteiger partial charge in [-0.3, -0.25) is 9.59 Å². The first kappa shape index (κ1) is 27.3. The van der Waals surface area contributed by atoms with Crippen LogP contribution in [0.3, 0.4) is 0 Å². The van der Waals surface area contributed by atoms with Crippen LogP contribution in [0, 0.1) is 5.92 Å². The van der Waals surface area contributed by atoms with Crippen LogP contribution in [0.2, 0.25) is 0 Å². The van der Waals surface area contributed by atoms with Crippen LogP contribution < -0.4 is 5.32 Å². The minimum atomic E-state index is -0.666. The molecule has 0 bridgehead atoms. The quantitative estimate of drug-likeness (QED) is 0.150. The van der Waals surface area contributed by atoms with Gasteiger partial charge in [0.2, 0.25) is 5.91 Å². The van der Waals surface area contributed by atoms with Gasteiger partial charge in [0.05, 0.1) is 0 Å². The van der Waals surface area contributed by atoms with Gasteiger partial charge in [-0.2, -0.15) is 12.6 Å². The summed E-state index contributed by atoms with van der Waals surface area (Å²) in [6.45, 7) is 2.72. The number of amides is 1. The molecule has 0 radical (unpaired) electrons. The molecule has 0 heterocycles. The second-order valence-corrected chi connectivity index (χ2v) is 8.54. The molecule has 1 unspecified atom stereocenters. The molecule has 0 aromatic carbocycles. The largest absolute Gasteiger partial charge is 0.481 e. The van der Waals surface area contributed by atoms with Gasteiger partial charge in [0.1, 0.15) is 0 Å². The van der Waals surface area contributed by atoms with Gasteiger partial charge in [-0.1, -0.05) is 96.8 Å². The molecule has 0 aliphatic rings. The molecule has 2 N–H and O–H groups in total. The fourth-order valence-corrected chi connectivity index (χ4v) is 3.51. The van der Waals surface area contributed by atoms with Crippen molar-refractivity contribution in [2.45, 2.75) is 116 Å². The number of thiol groups is 1. The van der Waals surface area contributed by atoms with E-state index in [1.165, 1.54) is 83.5 Å². The van der Waals surface area contributed by atoms with Gasteiger partial charge in [-0.25, -0.2) is 0 Å². The van der Waals surface area contributed by atoms with E-state index in [0.717, 1.165) is 25.8 Å². The number of carbonyl (C=O) groups is 2. The Morgan fingerprint density at radius 2 is 1.07 bits per heavy atom. The van der Waals surface area contributed by atoms with Gasteiger partial charge >= 0.3 is 5.97 Å². The average Bonchev–Trinajstić information content (AvgIpc) is 2.68. The predicted octanol–water partition coefficient (Wildman–Crippen LogP) is 6.38. The van der Waals surface area contributed by atoms with E-state index >= 15 is 0 Å². The van der Waals surface area contributed by atoms with Gasteiger partial charge in [0.15, 0.2) is 0 Å². The van der Waals surface area contributed by atoms with E-state index < -0.39 is 5.97 Å². The molecule has 0 rings (SSSR count). The summed E-state index contributed by atoms with van der Waals surface area (Å²) in [5.74, 6) is 0.0897. The molecule has 166 valence electrons. The van der Waals surface area contributed by atoms with Crippen LogP contribution in [0.25, 0.3) is 0 Å². The first-order valence-electron chi connectivity index (χ1n) is 11.7. The monoisotopic (exact) mass is 415 g/mol. The Morgan fingerprint density at radius 1 is 0.714 bits per heavy atom. The molecule has 0 spiro atoms. The molecule has 1 amide bonds. The molecular formula is C23H45NO3S. The highest BCUT2D eigenvalue weighted by molar-refractivity contribution is 7.80. The van der Waals surface area contributed by atoms with Crippen molar-refractivity contribution in [3.63, 3.8) is 0 Å². The van der Waals surface area contributed by atoms with Crippen LogP contribution in [-0.2, 0) is 9.59 Å². The Hall–Kier alpha value is -0.710. The van der Waals surface area contributed by atoms with Gasteiger partial charge in [-0.15, -0.1) is 0 Å². The number of carboxylic acid groups (broad SMARTS) is 1. The minimum absolute atomic E-state index is 0.0128. The summed E-state index contributed by atoms with van der Waals surface area (Å²) in [6, 6.07) is 0. The maximum absolute atomic E-state index is 11.6. The zero-order chi connectivity index (χ0) is 20.9. The third kappa shape index (κ3) is 20.0. The number of rotatable bonds is 21. The number of carboxylic acids is 1. The summed E-state index contributed by atoms with van der Waals surface area (Å²) in [5.41, 5.74) is 0. The highest BCUT2D eigenvalue weighted by atomic mass is 32.1. The lowest BCUT2D eigenvalue weighted by Gasteiger charge is -2.09. The summed E-state index contributed by atoms with van der Waals surface area (Å²) in [6.07, 6.45) is 20.4. The Balaban J connectivity index is 3.10. The minimum Gasteiger partial charge on any atom is -0.481 e. The first-order valence-corrected chi connectivity index (χ1v) is 12.3. The smallest absolute Gasteiger partial charge is 0.303 e. The van der Waals surface area contributed by atoms with Gasteiger partial charge in [0.25, 0.3) is 0 Å². The maximum Gasteiger partial charge on any atom is 0.303 e. The molecule has 28 heavy (non-hydrogen) atoms. The average molecular weight is 416 g/mol. The fraction of sp³-hybridized carbons (Fsp3) is 0.913. The molecule has 0 fully saturated rings. The second-order valence-electron chi connectivity index (χ2n) is 8.18. The Bertz CT molecular complexity index is 377. The van der Waals surface area contributed by atoms with Crippen molar-refractivity contribution in [3.8, 4) is 0 Å². The van der Waals surface area contributed by atoms with Gasteiger partial charge in [0, 0.05) is 24.6 Å². The van der Waals surface area contributed by atoms with Crippen LogP contribution >= 0.6 is 12.6 Å². The Morgan fingerprint density at radius 3 is 1.43 bits per heavy atom. The number of carbonyl (C=O) groups excluding carboxylic acids is 1. The number of aliphatic carboxylic acids is 1.